The van der Waals surface area contributed by atoms with E-state index >= 15 is 0 Å². The smallest absolute Gasteiger partial charge is 0.292 e. The second-order valence-electron chi connectivity index (χ2n) is 6.33. The first-order valence-corrected chi connectivity index (χ1v) is 8.53. The fourth-order valence-corrected chi connectivity index (χ4v) is 3.42. The molecule has 3 rings (SSSR count). The molecule has 7 heteroatoms. The number of ether oxygens (including phenoxy) is 1. The molecular weight excluding hydrogens is 310 g/mol. The molecule has 1 aromatic rings. The first kappa shape index (κ1) is 16.7. The molecule has 1 amide bonds. The summed E-state index contributed by atoms with van der Waals surface area (Å²) in [5.41, 5.74) is 0.735. The van der Waals surface area contributed by atoms with Crippen molar-refractivity contribution in [1.82, 2.24) is 4.90 Å². The van der Waals surface area contributed by atoms with Gasteiger partial charge in [-0.15, -0.1) is 0 Å². The molecule has 2 fully saturated rings. The van der Waals surface area contributed by atoms with Crippen LogP contribution in [0.25, 0.3) is 0 Å². The fraction of sp³-hybridized carbons (Fsp3) is 0.588. The zero-order valence-corrected chi connectivity index (χ0v) is 13.7. The highest BCUT2D eigenvalue weighted by Gasteiger charge is 2.26. The number of hydrogen-bond donors (Lipinski definition) is 0. The van der Waals surface area contributed by atoms with Crippen LogP contribution in [0.3, 0.4) is 0 Å². The van der Waals surface area contributed by atoms with E-state index in [-0.39, 0.29) is 29.2 Å². The summed E-state index contributed by atoms with van der Waals surface area (Å²) in [6, 6.07) is 6.75. The summed E-state index contributed by atoms with van der Waals surface area (Å²) in [4.78, 5) is 26.8. The average Bonchev–Trinajstić information content (AvgIpc) is 3.13. The van der Waals surface area contributed by atoms with Crippen molar-refractivity contribution in [3.63, 3.8) is 0 Å². The summed E-state index contributed by atoms with van der Waals surface area (Å²) >= 11 is 0. The Morgan fingerprint density at radius 1 is 1.17 bits per heavy atom. The van der Waals surface area contributed by atoms with Crippen LogP contribution in [0.15, 0.2) is 24.3 Å². The number of rotatable bonds is 5. The van der Waals surface area contributed by atoms with Crippen molar-refractivity contribution >= 4 is 17.3 Å². The predicted octanol–water partition coefficient (Wildman–Crippen LogP) is 2.20. The first-order valence-electron chi connectivity index (χ1n) is 8.53. The predicted molar refractivity (Wildman–Crippen MR) is 90.1 cm³/mol. The standard InChI is InChI=1S/C17H23N3O4/c21-17(13-24-14-5-1-2-6-14)19-11-9-18(10-12-19)15-7-3-4-8-16(15)20(22)23/h3-4,7-8,14H,1-2,5-6,9-13H2. The van der Waals surface area contributed by atoms with Crippen LogP contribution in [0.1, 0.15) is 25.7 Å². The van der Waals surface area contributed by atoms with Crippen molar-refractivity contribution in [3.8, 4) is 0 Å². The van der Waals surface area contributed by atoms with Crippen LogP contribution in [0.4, 0.5) is 11.4 Å². The largest absolute Gasteiger partial charge is 0.368 e. The number of amides is 1. The molecule has 1 saturated carbocycles. The van der Waals surface area contributed by atoms with Crippen LogP contribution in [0, 0.1) is 10.1 Å². The lowest BCUT2D eigenvalue weighted by atomic mass is 10.2. The number of benzene rings is 1. The van der Waals surface area contributed by atoms with Gasteiger partial charge in [-0.05, 0) is 18.9 Å². The maximum atomic E-state index is 12.2. The average molecular weight is 333 g/mol. The second kappa shape index (κ2) is 7.61. The highest BCUT2D eigenvalue weighted by atomic mass is 16.6. The first-order chi connectivity index (χ1) is 11.6. The van der Waals surface area contributed by atoms with E-state index in [0.29, 0.717) is 31.9 Å². The Balaban J connectivity index is 1.52. The van der Waals surface area contributed by atoms with E-state index < -0.39 is 0 Å². The number of nitrogens with zero attached hydrogens (tertiary/aromatic N) is 3. The van der Waals surface area contributed by atoms with Crippen LogP contribution in [-0.4, -0.2) is 54.6 Å². The molecule has 130 valence electrons. The van der Waals surface area contributed by atoms with Gasteiger partial charge in [0.05, 0.1) is 11.0 Å². The number of anilines is 1. The van der Waals surface area contributed by atoms with Gasteiger partial charge in [0, 0.05) is 32.2 Å². The van der Waals surface area contributed by atoms with Crippen LogP contribution < -0.4 is 4.90 Å². The minimum Gasteiger partial charge on any atom is -0.368 e. The molecule has 1 saturated heterocycles. The lowest BCUT2D eigenvalue weighted by molar-refractivity contribution is -0.384. The zero-order valence-electron chi connectivity index (χ0n) is 13.7. The number of hydrogen-bond acceptors (Lipinski definition) is 5. The van der Waals surface area contributed by atoms with Gasteiger partial charge in [0.1, 0.15) is 12.3 Å². The lowest BCUT2D eigenvalue weighted by Crippen LogP contribution is -2.50. The summed E-state index contributed by atoms with van der Waals surface area (Å²) < 4.78 is 5.69. The Labute approximate surface area is 141 Å². The number of piperazine rings is 1. The minimum atomic E-state index is -0.359. The maximum Gasteiger partial charge on any atom is 0.292 e. The number of carbonyl (C=O) groups is 1. The molecule has 1 aliphatic carbocycles. The summed E-state index contributed by atoms with van der Waals surface area (Å²) in [6.45, 7) is 2.48. The highest BCUT2D eigenvalue weighted by molar-refractivity contribution is 5.78. The van der Waals surface area contributed by atoms with E-state index in [0.717, 1.165) is 12.8 Å². The normalized spacial score (nSPS) is 18.8. The Bertz CT molecular complexity index is 593. The highest BCUT2D eigenvalue weighted by Crippen LogP contribution is 2.28. The Morgan fingerprint density at radius 3 is 2.50 bits per heavy atom. The third kappa shape index (κ3) is 3.84. The molecule has 1 aliphatic heterocycles. The Kier molecular flexibility index (Phi) is 5.30. The molecule has 0 atom stereocenters. The summed E-state index contributed by atoms with van der Waals surface area (Å²) in [5.74, 6) is 0.0177. The van der Waals surface area contributed by atoms with Gasteiger partial charge in [0.25, 0.3) is 5.69 Å². The van der Waals surface area contributed by atoms with Crippen LogP contribution in [0.5, 0.6) is 0 Å². The Morgan fingerprint density at radius 2 is 1.83 bits per heavy atom. The summed E-state index contributed by atoms with van der Waals surface area (Å²) in [5, 5.41) is 11.1. The number of nitro groups is 1. The lowest BCUT2D eigenvalue weighted by Gasteiger charge is -2.35. The van der Waals surface area contributed by atoms with Gasteiger partial charge in [-0.25, -0.2) is 0 Å². The molecule has 0 aromatic heterocycles. The topological polar surface area (TPSA) is 75.9 Å². The van der Waals surface area contributed by atoms with E-state index in [1.54, 1.807) is 23.1 Å². The molecule has 0 spiro atoms. The van der Waals surface area contributed by atoms with Crippen LogP contribution in [-0.2, 0) is 9.53 Å². The van der Waals surface area contributed by atoms with Gasteiger partial charge in [0.15, 0.2) is 0 Å². The quantitative estimate of drug-likeness (QED) is 0.610. The van der Waals surface area contributed by atoms with E-state index in [1.165, 1.54) is 18.9 Å². The zero-order chi connectivity index (χ0) is 16.9. The van der Waals surface area contributed by atoms with Gasteiger partial charge < -0.3 is 14.5 Å². The van der Waals surface area contributed by atoms with Crippen LogP contribution in [0.2, 0.25) is 0 Å². The van der Waals surface area contributed by atoms with Gasteiger partial charge in [-0.2, -0.15) is 0 Å². The number of nitro benzene ring substituents is 1. The van der Waals surface area contributed by atoms with E-state index in [1.807, 2.05) is 4.90 Å². The monoisotopic (exact) mass is 333 g/mol. The van der Waals surface area contributed by atoms with E-state index in [4.69, 9.17) is 4.74 Å². The van der Waals surface area contributed by atoms with Crippen molar-refractivity contribution in [2.75, 3.05) is 37.7 Å². The third-order valence-electron chi connectivity index (χ3n) is 4.80. The number of para-hydroxylation sites is 2. The SMILES string of the molecule is O=C(COC1CCCC1)N1CCN(c2ccccc2[N+](=O)[O-])CC1. The summed E-state index contributed by atoms with van der Waals surface area (Å²) in [6.07, 6.45) is 4.72. The molecular formula is C17H23N3O4. The molecule has 1 heterocycles. The molecule has 0 N–H and O–H groups in total. The van der Waals surface area contributed by atoms with Crippen molar-refractivity contribution in [1.29, 1.82) is 0 Å². The van der Waals surface area contributed by atoms with Crippen molar-refractivity contribution in [3.05, 3.63) is 34.4 Å². The minimum absolute atomic E-state index is 0.0177. The van der Waals surface area contributed by atoms with Crippen molar-refractivity contribution in [2.45, 2.75) is 31.8 Å². The Hall–Kier alpha value is -2.15. The van der Waals surface area contributed by atoms with Crippen molar-refractivity contribution in [2.24, 2.45) is 0 Å². The van der Waals surface area contributed by atoms with E-state index in [2.05, 4.69) is 0 Å². The fourth-order valence-electron chi connectivity index (χ4n) is 3.42. The molecule has 0 bridgehead atoms. The molecule has 0 unspecified atom stereocenters. The molecule has 0 radical (unpaired) electrons. The van der Waals surface area contributed by atoms with Crippen molar-refractivity contribution < 1.29 is 14.5 Å². The van der Waals surface area contributed by atoms with Gasteiger partial charge >= 0.3 is 0 Å². The molecule has 24 heavy (non-hydrogen) atoms. The van der Waals surface area contributed by atoms with Gasteiger partial charge in [-0.3, -0.25) is 14.9 Å². The molecule has 7 nitrogen and oxygen atoms in total. The maximum absolute atomic E-state index is 12.2. The van der Waals surface area contributed by atoms with E-state index in [9.17, 15) is 14.9 Å². The number of carbonyl (C=O) groups excluding carboxylic acids is 1. The second-order valence-corrected chi connectivity index (χ2v) is 6.33. The van der Waals surface area contributed by atoms with Crippen LogP contribution >= 0.6 is 0 Å². The summed E-state index contributed by atoms with van der Waals surface area (Å²) in [7, 11) is 0. The van der Waals surface area contributed by atoms with Gasteiger partial charge in [-0.1, -0.05) is 25.0 Å². The van der Waals surface area contributed by atoms with Gasteiger partial charge in [0.2, 0.25) is 5.91 Å². The molecule has 1 aromatic carbocycles. The third-order valence-corrected chi connectivity index (χ3v) is 4.80. The molecule has 2 aliphatic rings.